The van der Waals surface area contributed by atoms with Crippen molar-refractivity contribution in [2.75, 3.05) is 6.54 Å². The quantitative estimate of drug-likeness (QED) is 0.316. The van der Waals surface area contributed by atoms with Crippen LogP contribution < -0.4 is 20.9 Å². The molecular weight excluding hydrogens is 564 g/mol. The van der Waals surface area contributed by atoms with E-state index in [1.54, 1.807) is 59.7 Å². The number of rotatable bonds is 9. The maximum absolute atomic E-state index is 13.0. The molecule has 0 radical (unpaired) electrons. The highest BCUT2D eigenvalue weighted by Gasteiger charge is 2.30. The topological polar surface area (TPSA) is 161 Å². The highest BCUT2D eigenvalue weighted by Crippen LogP contribution is 2.13. The summed E-state index contributed by atoms with van der Waals surface area (Å²) in [7, 11) is -4.12. The molecule has 226 valence electrons. The number of ether oxygens (including phenoxy) is 2. The minimum Gasteiger partial charge on any atom is -0.459 e. The van der Waals surface area contributed by atoms with E-state index in [1.165, 1.54) is 40.9 Å². The Morgan fingerprint density at radius 3 is 2.14 bits per heavy atom. The number of hydrogen-bond acceptors (Lipinski definition) is 8. The van der Waals surface area contributed by atoms with Crippen LogP contribution in [0.15, 0.2) is 70.5 Å². The Morgan fingerprint density at radius 1 is 0.881 bits per heavy atom. The van der Waals surface area contributed by atoms with Crippen molar-refractivity contribution < 1.29 is 32.3 Å². The normalized spacial score (nSPS) is 12.8. The predicted octanol–water partition coefficient (Wildman–Crippen LogP) is 2.74. The van der Waals surface area contributed by atoms with E-state index in [-0.39, 0.29) is 17.0 Å². The third-order valence-electron chi connectivity index (χ3n) is 5.47. The lowest BCUT2D eigenvalue weighted by atomic mass is 10.1. The fourth-order valence-corrected chi connectivity index (χ4v) is 4.90. The van der Waals surface area contributed by atoms with Gasteiger partial charge in [0.25, 0.3) is 11.5 Å². The van der Waals surface area contributed by atoms with Gasteiger partial charge in [0.1, 0.15) is 17.2 Å². The van der Waals surface area contributed by atoms with Crippen LogP contribution >= 0.6 is 0 Å². The molecule has 2 aromatic heterocycles. The van der Waals surface area contributed by atoms with Crippen LogP contribution in [0, 0.1) is 0 Å². The molecule has 3 N–H and O–H groups in total. The van der Waals surface area contributed by atoms with Crippen molar-refractivity contribution >= 4 is 33.5 Å². The molecule has 2 heterocycles. The van der Waals surface area contributed by atoms with Gasteiger partial charge in [0.15, 0.2) is 0 Å². The van der Waals surface area contributed by atoms with Crippen LogP contribution in [-0.4, -0.2) is 54.6 Å². The van der Waals surface area contributed by atoms with E-state index < -0.39 is 57.3 Å². The van der Waals surface area contributed by atoms with E-state index in [0.29, 0.717) is 11.1 Å². The molecule has 13 heteroatoms. The summed E-state index contributed by atoms with van der Waals surface area (Å²) in [6.07, 6.45) is 0.936. The Bertz CT molecular complexity index is 1620. The highest BCUT2D eigenvalue weighted by molar-refractivity contribution is 7.89. The largest absolute Gasteiger partial charge is 0.459 e. The molecule has 1 aromatic carbocycles. The SMILES string of the molecule is CC(C)(C)OC(=O)NCc1ccc2cc(C(=O)NC[C@H](NS(=O)(=O)c3ccccc3)C(=O)OC(C)(C)C)cc(=O)n2c1. The van der Waals surface area contributed by atoms with Crippen molar-refractivity contribution in [2.45, 2.75) is 70.2 Å². The van der Waals surface area contributed by atoms with E-state index in [4.69, 9.17) is 9.47 Å². The van der Waals surface area contributed by atoms with Gasteiger partial charge in [-0.05, 0) is 71.4 Å². The fraction of sp³-hybridized carbons (Fsp3) is 0.379. The minimum absolute atomic E-state index is 0.00786. The van der Waals surface area contributed by atoms with E-state index in [9.17, 15) is 27.6 Å². The van der Waals surface area contributed by atoms with Crippen LogP contribution in [-0.2, 0) is 30.8 Å². The first kappa shape index (κ1) is 32.3. The smallest absolute Gasteiger partial charge is 0.407 e. The minimum atomic E-state index is -4.12. The fourth-order valence-electron chi connectivity index (χ4n) is 3.69. The van der Waals surface area contributed by atoms with Gasteiger partial charge in [-0.25, -0.2) is 13.2 Å². The standard InChI is InChI=1S/C29H36N4O8S/c1-28(2,3)40-26(36)23(32-42(38,39)22-10-8-7-9-11-22)17-30-25(35)20-14-21-13-12-19(18-33(21)24(34)15-20)16-31-27(37)41-29(4,5)6/h7-15,18,23,32H,16-17H2,1-6H3,(H,30,35)(H,31,37)/t23-/m0/s1. The van der Waals surface area contributed by atoms with Crippen LogP contribution in [0.1, 0.15) is 57.5 Å². The summed E-state index contributed by atoms with van der Waals surface area (Å²) in [5, 5.41) is 5.14. The maximum atomic E-state index is 13.0. The van der Waals surface area contributed by atoms with Crippen molar-refractivity contribution in [1.29, 1.82) is 0 Å². The lowest BCUT2D eigenvalue weighted by Gasteiger charge is -2.24. The molecule has 0 fully saturated rings. The first-order valence-electron chi connectivity index (χ1n) is 13.1. The monoisotopic (exact) mass is 600 g/mol. The summed E-state index contributed by atoms with van der Waals surface area (Å²) in [4.78, 5) is 50.6. The molecule has 0 saturated heterocycles. The van der Waals surface area contributed by atoms with E-state index in [0.717, 1.165) is 6.07 Å². The summed E-state index contributed by atoms with van der Waals surface area (Å²) in [6, 6.07) is 11.9. The van der Waals surface area contributed by atoms with Gasteiger partial charge in [-0.2, -0.15) is 4.72 Å². The van der Waals surface area contributed by atoms with E-state index >= 15 is 0 Å². The van der Waals surface area contributed by atoms with Crippen molar-refractivity contribution in [3.05, 3.63) is 82.3 Å². The summed E-state index contributed by atoms with van der Waals surface area (Å²) in [5.74, 6) is -1.58. The number of sulfonamides is 1. The summed E-state index contributed by atoms with van der Waals surface area (Å²) in [6.45, 7) is 9.82. The lowest BCUT2D eigenvalue weighted by molar-refractivity contribution is -0.156. The number of esters is 1. The molecule has 12 nitrogen and oxygen atoms in total. The Morgan fingerprint density at radius 2 is 1.52 bits per heavy atom. The van der Waals surface area contributed by atoms with Crippen molar-refractivity contribution in [1.82, 2.24) is 19.8 Å². The number of carbonyl (C=O) groups excluding carboxylic acids is 3. The van der Waals surface area contributed by atoms with Gasteiger partial charge in [-0.1, -0.05) is 24.3 Å². The molecule has 0 aliphatic rings. The van der Waals surface area contributed by atoms with Gasteiger partial charge in [0, 0.05) is 36.4 Å². The van der Waals surface area contributed by atoms with Crippen LogP contribution in [0.2, 0.25) is 0 Å². The molecule has 0 spiro atoms. The Labute approximate surface area is 244 Å². The lowest BCUT2D eigenvalue weighted by Crippen LogP contribution is -2.50. The number of carbonyl (C=O) groups is 3. The Kier molecular flexibility index (Phi) is 9.79. The van der Waals surface area contributed by atoms with Gasteiger partial charge in [-0.3, -0.25) is 18.8 Å². The summed E-state index contributed by atoms with van der Waals surface area (Å²) >= 11 is 0. The average Bonchev–Trinajstić information content (AvgIpc) is 2.88. The third-order valence-corrected chi connectivity index (χ3v) is 6.96. The summed E-state index contributed by atoms with van der Waals surface area (Å²) < 4.78 is 40.0. The highest BCUT2D eigenvalue weighted by atomic mass is 32.2. The third kappa shape index (κ3) is 9.42. The first-order valence-corrected chi connectivity index (χ1v) is 14.6. The molecule has 0 unspecified atom stereocenters. The van der Waals surface area contributed by atoms with Crippen LogP contribution in [0.3, 0.4) is 0 Å². The van der Waals surface area contributed by atoms with Gasteiger partial charge in [0.05, 0.1) is 4.90 Å². The molecule has 0 aliphatic carbocycles. The molecule has 0 saturated carbocycles. The van der Waals surface area contributed by atoms with E-state index in [1.807, 2.05) is 0 Å². The van der Waals surface area contributed by atoms with Crippen LogP contribution in [0.5, 0.6) is 0 Å². The molecular formula is C29H36N4O8S. The van der Waals surface area contributed by atoms with Crippen LogP contribution in [0.4, 0.5) is 4.79 Å². The number of amides is 2. The zero-order valence-corrected chi connectivity index (χ0v) is 25.2. The summed E-state index contributed by atoms with van der Waals surface area (Å²) in [5.41, 5.74) is -1.04. The Hall–Kier alpha value is -4.23. The van der Waals surface area contributed by atoms with Crippen molar-refractivity contribution in [3.63, 3.8) is 0 Å². The second-order valence-electron chi connectivity index (χ2n) is 11.5. The average molecular weight is 601 g/mol. The van der Waals surface area contributed by atoms with Gasteiger partial charge in [0.2, 0.25) is 10.0 Å². The number of aromatic nitrogens is 1. The molecule has 3 aromatic rings. The molecule has 3 rings (SSSR count). The predicted molar refractivity (Wildman–Crippen MR) is 155 cm³/mol. The number of hydrogen-bond donors (Lipinski definition) is 3. The number of pyridine rings is 2. The van der Waals surface area contributed by atoms with Gasteiger partial charge in [-0.15, -0.1) is 0 Å². The molecule has 0 aliphatic heterocycles. The molecule has 2 amide bonds. The van der Waals surface area contributed by atoms with Gasteiger partial charge >= 0.3 is 12.1 Å². The number of fused-ring (bicyclic) bond motifs is 1. The number of nitrogens with zero attached hydrogens (tertiary/aromatic N) is 1. The second kappa shape index (κ2) is 12.7. The first-order chi connectivity index (χ1) is 19.4. The molecule has 42 heavy (non-hydrogen) atoms. The Balaban J connectivity index is 1.76. The van der Waals surface area contributed by atoms with Gasteiger partial charge < -0.3 is 20.1 Å². The zero-order valence-electron chi connectivity index (χ0n) is 24.4. The maximum Gasteiger partial charge on any atom is 0.407 e. The number of nitrogens with one attached hydrogen (secondary N) is 3. The van der Waals surface area contributed by atoms with Crippen LogP contribution in [0.25, 0.3) is 5.52 Å². The van der Waals surface area contributed by atoms with Crippen molar-refractivity contribution in [3.8, 4) is 0 Å². The zero-order chi connectivity index (χ0) is 31.3. The molecule has 0 bridgehead atoms. The van der Waals surface area contributed by atoms with E-state index in [2.05, 4.69) is 15.4 Å². The van der Waals surface area contributed by atoms with Crippen molar-refractivity contribution in [2.24, 2.45) is 0 Å². The second-order valence-corrected chi connectivity index (χ2v) is 13.2. The number of alkyl carbamates (subject to hydrolysis) is 1. The molecule has 1 atom stereocenters. The number of benzene rings is 1.